The lowest BCUT2D eigenvalue weighted by Crippen LogP contribution is -2.32. The van der Waals surface area contributed by atoms with E-state index in [1.165, 1.54) is 15.6 Å². The predicted molar refractivity (Wildman–Crippen MR) is 102 cm³/mol. The minimum atomic E-state index is -3.72. The lowest BCUT2D eigenvalue weighted by molar-refractivity contribution is 0.591. The summed E-state index contributed by atoms with van der Waals surface area (Å²) in [4.78, 5) is 4.64. The zero-order valence-electron chi connectivity index (χ0n) is 14.3. The molecule has 0 bridgehead atoms. The van der Waals surface area contributed by atoms with Crippen LogP contribution < -0.4 is 4.31 Å². The van der Waals surface area contributed by atoms with Crippen molar-refractivity contribution in [3.63, 3.8) is 0 Å². The molecule has 7 nitrogen and oxygen atoms in total. The maximum absolute atomic E-state index is 13.2. The number of hydrogen-bond acceptors (Lipinski definition) is 6. The van der Waals surface area contributed by atoms with Crippen molar-refractivity contribution < 1.29 is 8.42 Å². The largest absolute Gasteiger partial charge is 0.275 e. The van der Waals surface area contributed by atoms with E-state index < -0.39 is 10.0 Å². The number of sulfonamides is 1. The third-order valence-electron chi connectivity index (χ3n) is 4.08. The third kappa shape index (κ3) is 2.55. The molecule has 0 aliphatic carbocycles. The van der Waals surface area contributed by atoms with E-state index in [0.717, 1.165) is 5.52 Å². The van der Waals surface area contributed by atoms with Crippen LogP contribution in [-0.2, 0) is 10.0 Å². The number of para-hydroxylation sites is 2. The first-order chi connectivity index (χ1) is 12.5. The van der Waals surface area contributed by atoms with E-state index >= 15 is 0 Å². The molecule has 4 aromatic rings. The average Bonchev–Trinajstić information content (AvgIpc) is 3.30. The van der Waals surface area contributed by atoms with Crippen LogP contribution in [0.4, 0.5) is 5.82 Å². The average molecular weight is 387 g/mol. The number of fused-ring (bicyclic) bond motifs is 3. The molecule has 0 saturated carbocycles. The van der Waals surface area contributed by atoms with Crippen LogP contribution in [0.25, 0.3) is 16.7 Å². The van der Waals surface area contributed by atoms with Crippen molar-refractivity contribution >= 4 is 43.9 Å². The summed E-state index contributed by atoms with van der Waals surface area (Å²) in [6, 6.07) is 10.9. The Kier molecular flexibility index (Phi) is 4.12. The van der Waals surface area contributed by atoms with Crippen LogP contribution >= 0.6 is 11.3 Å². The van der Waals surface area contributed by atoms with Crippen molar-refractivity contribution in [1.82, 2.24) is 19.6 Å². The van der Waals surface area contributed by atoms with Crippen LogP contribution in [0.3, 0.4) is 0 Å². The van der Waals surface area contributed by atoms with E-state index in [-0.39, 0.29) is 4.21 Å². The van der Waals surface area contributed by atoms with Gasteiger partial charge in [-0.25, -0.2) is 17.7 Å². The molecule has 3 heterocycles. The van der Waals surface area contributed by atoms with Gasteiger partial charge in [0.2, 0.25) is 5.65 Å². The Labute approximate surface area is 155 Å². The van der Waals surface area contributed by atoms with Crippen molar-refractivity contribution in [2.75, 3.05) is 10.8 Å². The fourth-order valence-corrected chi connectivity index (χ4v) is 5.55. The Hall–Kier alpha value is -2.52. The zero-order valence-corrected chi connectivity index (χ0v) is 16.0. The van der Waals surface area contributed by atoms with Gasteiger partial charge in [0.1, 0.15) is 10.0 Å². The second-order valence-corrected chi connectivity index (χ2v) is 8.88. The van der Waals surface area contributed by atoms with Crippen molar-refractivity contribution in [2.24, 2.45) is 0 Å². The number of anilines is 1. The molecule has 1 aromatic carbocycles. The minimum Gasteiger partial charge on any atom is -0.274 e. The summed E-state index contributed by atoms with van der Waals surface area (Å²) in [6.45, 7) is 4.09. The van der Waals surface area contributed by atoms with E-state index in [9.17, 15) is 8.42 Å². The highest BCUT2D eigenvalue weighted by molar-refractivity contribution is 7.94. The second kappa shape index (κ2) is 6.33. The molecule has 0 atom stereocenters. The molecule has 9 heteroatoms. The lowest BCUT2D eigenvalue weighted by Gasteiger charge is -2.22. The van der Waals surface area contributed by atoms with Crippen LogP contribution in [0, 0.1) is 6.92 Å². The minimum absolute atomic E-state index is 0.287. The molecular weight excluding hydrogens is 370 g/mol. The number of aromatic nitrogens is 4. The molecule has 134 valence electrons. The van der Waals surface area contributed by atoms with Gasteiger partial charge in [0, 0.05) is 6.54 Å². The molecule has 26 heavy (non-hydrogen) atoms. The summed E-state index contributed by atoms with van der Waals surface area (Å²) >= 11 is 1.19. The van der Waals surface area contributed by atoms with Gasteiger partial charge in [0.05, 0.1) is 11.0 Å². The Balaban J connectivity index is 2.04. The van der Waals surface area contributed by atoms with Gasteiger partial charge in [-0.3, -0.25) is 4.40 Å². The Bertz CT molecular complexity index is 1180. The molecule has 0 saturated heterocycles. The van der Waals surface area contributed by atoms with E-state index in [1.54, 1.807) is 17.5 Å². The smallest absolute Gasteiger partial charge is 0.274 e. The van der Waals surface area contributed by atoms with Gasteiger partial charge < -0.3 is 0 Å². The van der Waals surface area contributed by atoms with Gasteiger partial charge in [0.15, 0.2) is 5.82 Å². The number of thiophene rings is 1. The summed E-state index contributed by atoms with van der Waals surface area (Å²) in [5.74, 6) is 0.990. The first-order valence-electron chi connectivity index (χ1n) is 8.20. The molecule has 0 aliphatic rings. The van der Waals surface area contributed by atoms with Gasteiger partial charge >= 0.3 is 0 Å². The molecule has 0 amide bonds. The van der Waals surface area contributed by atoms with Gasteiger partial charge in [-0.05, 0) is 36.9 Å². The number of nitrogens with zero attached hydrogens (tertiary/aromatic N) is 5. The predicted octanol–water partition coefficient (Wildman–Crippen LogP) is 3.25. The summed E-state index contributed by atoms with van der Waals surface area (Å²) in [5, 5.41) is 10.1. The molecule has 0 fully saturated rings. The van der Waals surface area contributed by atoms with Gasteiger partial charge in [-0.15, -0.1) is 21.5 Å². The van der Waals surface area contributed by atoms with Gasteiger partial charge in [-0.1, -0.05) is 25.1 Å². The summed E-state index contributed by atoms with van der Waals surface area (Å²) in [5.41, 5.74) is 1.98. The number of hydrogen-bond donors (Lipinski definition) is 0. The monoisotopic (exact) mass is 387 g/mol. The molecule has 0 radical (unpaired) electrons. The van der Waals surface area contributed by atoms with Crippen LogP contribution in [0.5, 0.6) is 0 Å². The molecule has 0 N–H and O–H groups in total. The quantitative estimate of drug-likeness (QED) is 0.525. The summed E-state index contributed by atoms with van der Waals surface area (Å²) in [7, 11) is -3.72. The maximum Gasteiger partial charge on any atom is 0.275 e. The third-order valence-corrected chi connectivity index (χ3v) is 7.24. The molecule has 0 unspecified atom stereocenters. The fraction of sp³-hybridized carbons (Fsp3) is 0.235. The highest BCUT2D eigenvalue weighted by Crippen LogP contribution is 2.30. The van der Waals surface area contributed by atoms with E-state index in [0.29, 0.717) is 35.8 Å². The topological polar surface area (TPSA) is 80.5 Å². The maximum atomic E-state index is 13.2. The highest BCUT2D eigenvalue weighted by Gasteiger charge is 2.29. The number of benzene rings is 1. The van der Waals surface area contributed by atoms with Crippen LogP contribution in [0.2, 0.25) is 0 Å². The fourth-order valence-electron chi connectivity index (χ4n) is 2.94. The first kappa shape index (κ1) is 16.9. The zero-order chi connectivity index (χ0) is 18.3. The lowest BCUT2D eigenvalue weighted by atomic mass is 10.3. The Morgan fingerprint density at radius 3 is 2.69 bits per heavy atom. The molecular formula is C17H17N5O2S2. The highest BCUT2D eigenvalue weighted by atomic mass is 32.2. The van der Waals surface area contributed by atoms with E-state index in [4.69, 9.17) is 0 Å². The van der Waals surface area contributed by atoms with Crippen LogP contribution in [0.1, 0.15) is 19.2 Å². The number of aryl methyl sites for hydroxylation is 1. The van der Waals surface area contributed by atoms with Gasteiger partial charge in [0.25, 0.3) is 10.0 Å². The summed E-state index contributed by atoms with van der Waals surface area (Å²) < 4.78 is 29.9. The van der Waals surface area contributed by atoms with Gasteiger partial charge in [-0.2, -0.15) is 0 Å². The molecule has 0 aliphatic heterocycles. The first-order valence-corrected chi connectivity index (χ1v) is 10.5. The van der Waals surface area contributed by atoms with E-state index in [1.807, 2.05) is 42.5 Å². The molecule has 0 spiro atoms. The van der Waals surface area contributed by atoms with Crippen LogP contribution in [-0.4, -0.2) is 34.5 Å². The van der Waals surface area contributed by atoms with E-state index in [2.05, 4.69) is 15.2 Å². The van der Waals surface area contributed by atoms with Crippen LogP contribution in [0.15, 0.2) is 46.0 Å². The van der Waals surface area contributed by atoms with Crippen molar-refractivity contribution in [3.05, 3.63) is 47.6 Å². The number of rotatable bonds is 5. The summed E-state index contributed by atoms with van der Waals surface area (Å²) in [6.07, 6.45) is 0.651. The van der Waals surface area contributed by atoms with Crippen molar-refractivity contribution in [3.8, 4) is 0 Å². The SMILES string of the molecule is CCCN(c1nc2ccccc2n2c(C)nnc12)S(=O)(=O)c1cccs1. The normalized spacial score (nSPS) is 12.1. The Morgan fingerprint density at radius 1 is 1.15 bits per heavy atom. The van der Waals surface area contributed by atoms with Crippen molar-refractivity contribution in [1.29, 1.82) is 0 Å². The second-order valence-electron chi connectivity index (χ2n) is 5.84. The molecule has 4 rings (SSSR count). The standard InChI is InChI=1S/C17H17N5O2S2/c1-3-10-21(26(23,24)15-9-6-11-25-15)16-17-20-19-12(2)22(17)14-8-5-4-7-13(14)18-16/h4-9,11H,3,10H2,1-2H3. The molecule has 3 aromatic heterocycles. The Morgan fingerprint density at radius 2 is 1.96 bits per heavy atom. The van der Waals surface area contributed by atoms with Crippen molar-refractivity contribution in [2.45, 2.75) is 24.5 Å².